The van der Waals surface area contributed by atoms with Crippen molar-refractivity contribution >= 4 is 17.3 Å². The summed E-state index contributed by atoms with van der Waals surface area (Å²) in [5.41, 5.74) is 0.752. The molecule has 0 N–H and O–H groups in total. The van der Waals surface area contributed by atoms with Crippen molar-refractivity contribution < 1.29 is 9.66 Å². The summed E-state index contributed by atoms with van der Waals surface area (Å²) in [4.78, 5) is 10.4. The molecule has 1 aromatic rings. The molecule has 0 radical (unpaired) electrons. The lowest BCUT2D eigenvalue weighted by atomic mass is 9.85. The maximum absolute atomic E-state index is 10.8. The van der Waals surface area contributed by atoms with Crippen LogP contribution in [0.3, 0.4) is 0 Å². The van der Waals surface area contributed by atoms with Gasteiger partial charge in [0.2, 0.25) is 0 Å². The Balaban J connectivity index is 2.10. The second-order valence-electron chi connectivity index (χ2n) is 5.36. The summed E-state index contributed by atoms with van der Waals surface area (Å²) < 4.78 is 6.04. The molecule has 5 heteroatoms. The molecule has 0 amide bonds. The number of nitro benzene ring substituents is 1. The first-order valence-corrected chi connectivity index (χ1v) is 7.67. The Morgan fingerprint density at radius 2 is 2.25 bits per heavy atom. The van der Waals surface area contributed by atoms with Crippen LogP contribution in [0.5, 0.6) is 5.75 Å². The summed E-state index contributed by atoms with van der Waals surface area (Å²) in [6, 6.07) is 4.65. The van der Waals surface area contributed by atoms with Crippen molar-refractivity contribution in [3.63, 3.8) is 0 Å². The van der Waals surface area contributed by atoms with Gasteiger partial charge in [0.25, 0.3) is 5.69 Å². The molecule has 0 aromatic heterocycles. The molecular formula is C15H20ClNO3. The molecule has 1 aliphatic rings. The van der Waals surface area contributed by atoms with Gasteiger partial charge in [0.1, 0.15) is 5.75 Å². The molecule has 1 fully saturated rings. The smallest absolute Gasteiger partial charge is 0.270 e. The number of halogens is 1. The van der Waals surface area contributed by atoms with Crippen LogP contribution in [0.2, 0.25) is 0 Å². The van der Waals surface area contributed by atoms with E-state index in [0.717, 1.165) is 18.8 Å². The van der Waals surface area contributed by atoms with Crippen LogP contribution in [-0.4, -0.2) is 11.0 Å². The molecule has 1 aliphatic carbocycles. The van der Waals surface area contributed by atoms with E-state index in [1.165, 1.54) is 31.4 Å². The molecule has 110 valence electrons. The molecule has 0 aliphatic heterocycles. The number of hydrogen-bond acceptors (Lipinski definition) is 3. The summed E-state index contributed by atoms with van der Waals surface area (Å²) in [6.07, 6.45) is 5.97. The molecule has 20 heavy (non-hydrogen) atoms. The quantitative estimate of drug-likeness (QED) is 0.450. The van der Waals surface area contributed by atoms with E-state index in [0.29, 0.717) is 11.3 Å². The number of nitrogens with zero attached hydrogens (tertiary/aromatic N) is 1. The van der Waals surface area contributed by atoms with Crippen molar-refractivity contribution in [1.29, 1.82) is 0 Å². The van der Waals surface area contributed by atoms with Crippen LogP contribution in [0.4, 0.5) is 5.69 Å². The Kier molecular flexibility index (Phi) is 5.24. The van der Waals surface area contributed by atoms with Gasteiger partial charge in [-0.25, -0.2) is 0 Å². The number of non-ortho nitro benzene ring substituents is 1. The van der Waals surface area contributed by atoms with Crippen LogP contribution in [0.25, 0.3) is 0 Å². The topological polar surface area (TPSA) is 52.4 Å². The third-order valence-corrected chi connectivity index (χ3v) is 4.29. The van der Waals surface area contributed by atoms with E-state index >= 15 is 0 Å². The lowest BCUT2D eigenvalue weighted by Gasteiger charge is -2.29. The molecule has 1 saturated carbocycles. The molecule has 0 saturated heterocycles. The fourth-order valence-electron chi connectivity index (χ4n) is 2.80. The lowest BCUT2D eigenvalue weighted by Crippen LogP contribution is -2.25. The summed E-state index contributed by atoms with van der Waals surface area (Å²) in [5.74, 6) is 1.64. The van der Waals surface area contributed by atoms with Gasteiger partial charge >= 0.3 is 0 Å². The summed E-state index contributed by atoms with van der Waals surface area (Å²) in [7, 11) is 0. The molecule has 0 spiro atoms. The van der Waals surface area contributed by atoms with Crippen molar-refractivity contribution in [3.05, 3.63) is 33.9 Å². The fourth-order valence-corrected chi connectivity index (χ4v) is 3.01. The van der Waals surface area contributed by atoms with Gasteiger partial charge < -0.3 is 4.74 Å². The largest absolute Gasteiger partial charge is 0.490 e. The molecule has 4 nitrogen and oxygen atoms in total. The van der Waals surface area contributed by atoms with Gasteiger partial charge in [-0.15, -0.1) is 11.6 Å². The Hall–Kier alpha value is -1.29. The Morgan fingerprint density at radius 1 is 1.45 bits per heavy atom. The number of hydrogen-bond donors (Lipinski definition) is 0. The van der Waals surface area contributed by atoms with Gasteiger partial charge in [-0.2, -0.15) is 0 Å². The molecule has 1 aromatic carbocycles. The highest BCUT2D eigenvalue weighted by Crippen LogP contribution is 2.32. The van der Waals surface area contributed by atoms with Gasteiger partial charge in [0.15, 0.2) is 0 Å². The summed E-state index contributed by atoms with van der Waals surface area (Å²) >= 11 is 5.88. The van der Waals surface area contributed by atoms with Crippen molar-refractivity contribution in [3.8, 4) is 5.75 Å². The zero-order valence-corrected chi connectivity index (χ0v) is 12.4. The number of rotatable bonds is 5. The van der Waals surface area contributed by atoms with E-state index in [-0.39, 0.29) is 17.7 Å². The van der Waals surface area contributed by atoms with Crippen LogP contribution in [0.1, 0.15) is 44.6 Å². The average molecular weight is 298 g/mol. The number of benzene rings is 1. The highest BCUT2D eigenvalue weighted by molar-refractivity contribution is 6.17. The van der Waals surface area contributed by atoms with E-state index in [1.807, 2.05) is 0 Å². The maximum atomic E-state index is 10.8. The molecule has 0 heterocycles. The van der Waals surface area contributed by atoms with Crippen LogP contribution in [0, 0.1) is 16.0 Å². The number of ether oxygens (including phenoxy) is 1. The SMILES string of the molecule is CCC1CCCC(Oc2ccc([N+](=O)[O-])cc2CCl)C1. The van der Waals surface area contributed by atoms with E-state index in [4.69, 9.17) is 16.3 Å². The summed E-state index contributed by atoms with van der Waals surface area (Å²) in [5, 5.41) is 10.8. The van der Waals surface area contributed by atoms with Crippen LogP contribution >= 0.6 is 11.6 Å². The van der Waals surface area contributed by atoms with Crippen molar-refractivity contribution in [2.75, 3.05) is 0 Å². The first kappa shape index (κ1) is 15.1. The second-order valence-corrected chi connectivity index (χ2v) is 5.63. The van der Waals surface area contributed by atoms with Gasteiger partial charge in [0.05, 0.1) is 16.9 Å². The minimum atomic E-state index is -0.409. The molecular weight excluding hydrogens is 278 g/mol. The number of alkyl halides is 1. The Morgan fingerprint density at radius 3 is 2.90 bits per heavy atom. The molecule has 2 unspecified atom stereocenters. The van der Waals surface area contributed by atoms with Crippen LogP contribution in [-0.2, 0) is 5.88 Å². The first-order chi connectivity index (χ1) is 9.63. The fraction of sp³-hybridized carbons (Fsp3) is 0.600. The number of nitro groups is 1. The highest BCUT2D eigenvalue weighted by Gasteiger charge is 2.23. The standard InChI is InChI=1S/C15H20ClNO3/c1-2-11-4-3-5-14(8-11)20-15-7-6-13(17(18)19)9-12(15)10-16/h6-7,9,11,14H,2-5,8,10H2,1H3. The van der Waals surface area contributed by atoms with Crippen molar-refractivity contribution in [1.82, 2.24) is 0 Å². The predicted molar refractivity (Wildman–Crippen MR) is 79.3 cm³/mol. The third-order valence-electron chi connectivity index (χ3n) is 4.00. The van der Waals surface area contributed by atoms with Crippen molar-refractivity contribution in [2.45, 2.75) is 51.0 Å². The normalized spacial score (nSPS) is 22.5. The van der Waals surface area contributed by atoms with E-state index in [1.54, 1.807) is 6.07 Å². The zero-order valence-electron chi connectivity index (χ0n) is 11.7. The van der Waals surface area contributed by atoms with Gasteiger partial charge in [-0.05, 0) is 31.2 Å². The van der Waals surface area contributed by atoms with Crippen LogP contribution < -0.4 is 4.74 Å². The minimum Gasteiger partial charge on any atom is -0.490 e. The van der Waals surface area contributed by atoms with Gasteiger partial charge in [-0.1, -0.05) is 19.8 Å². The van der Waals surface area contributed by atoms with E-state index in [2.05, 4.69) is 6.92 Å². The second kappa shape index (κ2) is 6.93. The van der Waals surface area contributed by atoms with Crippen molar-refractivity contribution in [2.24, 2.45) is 5.92 Å². The zero-order chi connectivity index (χ0) is 14.5. The Bertz CT molecular complexity index is 478. The molecule has 0 bridgehead atoms. The first-order valence-electron chi connectivity index (χ1n) is 7.14. The lowest BCUT2D eigenvalue weighted by molar-refractivity contribution is -0.384. The third kappa shape index (κ3) is 3.63. The Labute approximate surface area is 124 Å². The maximum Gasteiger partial charge on any atom is 0.270 e. The van der Waals surface area contributed by atoms with Crippen LogP contribution in [0.15, 0.2) is 18.2 Å². The van der Waals surface area contributed by atoms with E-state index < -0.39 is 4.92 Å². The molecule has 2 rings (SSSR count). The van der Waals surface area contributed by atoms with Gasteiger partial charge in [-0.3, -0.25) is 10.1 Å². The highest BCUT2D eigenvalue weighted by atomic mass is 35.5. The molecule has 2 atom stereocenters. The summed E-state index contributed by atoms with van der Waals surface area (Å²) in [6.45, 7) is 2.21. The minimum absolute atomic E-state index is 0.0584. The average Bonchev–Trinajstić information content (AvgIpc) is 2.47. The van der Waals surface area contributed by atoms with Gasteiger partial charge in [0, 0.05) is 17.7 Å². The monoisotopic (exact) mass is 297 g/mol. The predicted octanol–water partition coefficient (Wildman–Crippen LogP) is 4.68. The van der Waals surface area contributed by atoms with E-state index in [9.17, 15) is 10.1 Å².